The van der Waals surface area contributed by atoms with E-state index >= 15 is 0 Å². The molecule has 2 aromatic heterocycles. The number of likely N-dealkylation sites (N-methyl/N-ethyl adjacent to an activating group) is 1. The number of H-pyrrole nitrogens is 1. The van der Waals surface area contributed by atoms with Crippen molar-refractivity contribution in [1.29, 1.82) is 0 Å². The van der Waals surface area contributed by atoms with Gasteiger partial charge in [-0.3, -0.25) is 14.6 Å². The molecule has 1 N–H and O–H groups in total. The lowest BCUT2D eigenvalue weighted by molar-refractivity contribution is -0.131. The van der Waals surface area contributed by atoms with Crippen LogP contribution in [-0.2, 0) is 4.79 Å². The summed E-state index contributed by atoms with van der Waals surface area (Å²) < 4.78 is 0. The highest BCUT2D eigenvalue weighted by atomic mass is 16.2. The van der Waals surface area contributed by atoms with E-state index in [9.17, 15) is 9.59 Å². The first-order valence-electron chi connectivity index (χ1n) is 8.71. The van der Waals surface area contributed by atoms with E-state index in [1.165, 1.54) is 0 Å². The van der Waals surface area contributed by atoms with Gasteiger partial charge in [0.25, 0.3) is 5.91 Å². The summed E-state index contributed by atoms with van der Waals surface area (Å²) in [6.07, 6.45) is 7.72. The number of aromatic nitrogens is 2. The maximum atomic E-state index is 12.8. The number of hydrogen-bond donors (Lipinski definition) is 1. The van der Waals surface area contributed by atoms with Crippen LogP contribution in [0.15, 0.2) is 42.9 Å². The summed E-state index contributed by atoms with van der Waals surface area (Å²) in [4.78, 5) is 36.2. The molecule has 130 valence electrons. The topological polar surface area (TPSA) is 69.3 Å². The number of pyridine rings is 1. The van der Waals surface area contributed by atoms with Gasteiger partial charge in [-0.05, 0) is 43.0 Å². The van der Waals surface area contributed by atoms with Gasteiger partial charge < -0.3 is 14.8 Å². The van der Waals surface area contributed by atoms with Crippen molar-refractivity contribution in [1.82, 2.24) is 19.8 Å². The Morgan fingerprint density at radius 1 is 1.28 bits per heavy atom. The van der Waals surface area contributed by atoms with Crippen molar-refractivity contribution >= 4 is 11.8 Å². The fraction of sp³-hybridized carbons (Fsp3) is 0.421. The van der Waals surface area contributed by atoms with Gasteiger partial charge in [0.1, 0.15) is 5.69 Å². The summed E-state index contributed by atoms with van der Waals surface area (Å²) in [5, 5.41) is 0. The highest BCUT2D eigenvalue weighted by Gasteiger charge is 2.50. The van der Waals surface area contributed by atoms with Gasteiger partial charge in [-0.1, -0.05) is 6.07 Å². The highest BCUT2D eigenvalue weighted by molar-refractivity contribution is 5.92. The molecule has 2 saturated heterocycles. The van der Waals surface area contributed by atoms with E-state index in [1.807, 2.05) is 35.0 Å². The third-order valence-corrected chi connectivity index (χ3v) is 5.82. The number of amides is 2. The molecular weight excluding hydrogens is 316 g/mol. The van der Waals surface area contributed by atoms with Gasteiger partial charge in [-0.25, -0.2) is 0 Å². The van der Waals surface area contributed by atoms with Gasteiger partial charge >= 0.3 is 0 Å². The quantitative estimate of drug-likeness (QED) is 0.911. The lowest BCUT2D eigenvalue weighted by Gasteiger charge is -2.43. The van der Waals surface area contributed by atoms with Gasteiger partial charge in [-0.15, -0.1) is 0 Å². The summed E-state index contributed by atoms with van der Waals surface area (Å²) in [6, 6.07) is 7.49. The molecule has 1 atom stereocenters. The molecule has 2 aromatic rings. The van der Waals surface area contributed by atoms with Crippen LogP contribution in [0.5, 0.6) is 0 Å². The average Bonchev–Trinajstić information content (AvgIpc) is 3.27. The van der Waals surface area contributed by atoms with Crippen LogP contribution in [-0.4, -0.2) is 57.3 Å². The maximum absolute atomic E-state index is 12.8. The van der Waals surface area contributed by atoms with Crippen LogP contribution < -0.4 is 0 Å². The molecule has 0 aromatic carbocycles. The first kappa shape index (κ1) is 15.9. The minimum atomic E-state index is -0.149. The van der Waals surface area contributed by atoms with Crippen molar-refractivity contribution in [2.24, 2.45) is 0 Å². The minimum absolute atomic E-state index is 0.0376. The van der Waals surface area contributed by atoms with Crippen LogP contribution in [0, 0.1) is 0 Å². The molecule has 1 spiro atoms. The summed E-state index contributed by atoms with van der Waals surface area (Å²) in [5.41, 5.74) is 1.46. The molecule has 4 heterocycles. The smallest absolute Gasteiger partial charge is 0.270 e. The third kappa shape index (κ3) is 2.62. The summed E-state index contributed by atoms with van der Waals surface area (Å²) in [5.74, 6) is 0.0807. The Hall–Kier alpha value is -2.63. The van der Waals surface area contributed by atoms with E-state index in [2.05, 4.69) is 9.97 Å². The molecule has 2 aliphatic rings. The lowest BCUT2D eigenvalue weighted by atomic mass is 9.81. The van der Waals surface area contributed by atoms with Crippen LogP contribution in [0.3, 0.4) is 0 Å². The number of rotatable bonds is 2. The maximum Gasteiger partial charge on any atom is 0.270 e. The normalized spacial score (nSPS) is 22.6. The number of nitrogens with zero attached hydrogens (tertiary/aromatic N) is 3. The van der Waals surface area contributed by atoms with Gasteiger partial charge in [0.2, 0.25) is 5.91 Å². The molecule has 2 fully saturated rings. The van der Waals surface area contributed by atoms with E-state index in [0.29, 0.717) is 18.8 Å². The summed E-state index contributed by atoms with van der Waals surface area (Å²) >= 11 is 0. The molecule has 2 aliphatic heterocycles. The number of carbonyl (C=O) groups is 2. The number of piperidine rings is 1. The van der Waals surface area contributed by atoms with Crippen molar-refractivity contribution in [3.05, 3.63) is 54.1 Å². The van der Waals surface area contributed by atoms with E-state index < -0.39 is 0 Å². The largest absolute Gasteiger partial charge is 0.357 e. The molecule has 25 heavy (non-hydrogen) atoms. The fourth-order valence-electron chi connectivity index (χ4n) is 4.21. The average molecular weight is 338 g/mol. The molecule has 0 radical (unpaired) electrons. The van der Waals surface area contributed by atoms with Crippen molar-refractivity contribution in [3.63, 3.8) is 0 Å². The van der Waals surface area contributed by atoms with Crippen LogP contribution in [0.2, 0.25) is 0 Å². The Bertz CT molecular complexity index is 764. The monoisotopic (exact) mass is 338 g/mol. The zero-order valence-electron chi connectivity index (χ0n) is 14.3. The van der Waals surface area contributed by atoms with E-state index in [1.54, 1.807) is 24.7 Å². The third-order valence-electron chi connectivity index (χ3n) is 5.82. The number of likely N-dealkylation sites (tertiary alicyclic amines) is 2. The SMILES string of the molecule is CN1C(=O)[C@H](c2cccnc2)CC12CCN(C(=O)c1ccc[nH]1)CC2. The number of aromatic amines is 1. The van der Waals surface area contributed by atoms with Crippen LogP contribution >= 0.6 is 0 Å². The summed E-state index contributed by atoms with van der Waals surface area (Å²) in [6.45, 7) is 1.35. The Balaban J connectivity index is 1.49. The van der Waals surface area contributed by atoms with Crippen molar-refractivity contribution < 1.29 is 9.59 Å². The van der Waals surface area contributed by atoms with Crippen molar-refractivity contribution in [3.8, 4) is 0 Å². The Morgan fingerprint density at radius 2 is 2.08 bits per heavy atom. The lowest BCUT2D eigenvalue weighted by Crippen LogP contribution is -2.52. The summed E-state index contributed by atoms with van der Waals surface area (Å²) in [7, 11) is 1.90. The number of nitrogens with one attached hydrogen (secondary N) is 1. The molecule has 0 saturated carbocycles. The van der Waals surface area contributed by atoms with Crippen LogP contribution in [0.25, 0.3) is 0 Å². The number of hydrogen-bond acceptors (Lipinski definition) is 3. The Kier molecular flexibility index (Phi) is 3.82. The minimum Gasteiger partial charge on any atom is -0.357 e. The second-order valence-electron chi connectivity index (χ2n) is 7.04. The molecule has 2 amide bonds. The molecule has 4 rings (SSSR count). The van der Waals surface area contributed by atoms with Crippen LogP contribution in [0.4, 0.5) is 0 Å². The van der Waals surface area contributed by atoms with Gasteiger partial charge in [0.05, 0.1) is 5.92 Å². The van der Waals surface area contributed by atoms with Crippen molar-refractivity contribution in [2.45, 2.75) is 30.7 Å². The second kappa shape index (κ2) is 6.02. The Labute approximate surface area is 146 Å². The molecule has 0 unspecified atom stereocenters. The molecule has 6 nitrogen and oxygen atoms in total. The van der Waals surface area contributed by atoms with Gasteiger partial charge in [-0.2, -0.15) is 0 Å². The van der Waals surface area contributed by atoms with E-state index in [-0.39, 0.29) is 23.3 Å². The van der Waals surface area contributed by atoms with E-state index in [0.717, 1.165) is 24.8 Å². The predicted octanol–water partition coefficient (Wildman–Crippen LogP) is 2.03. The van der Waals surface area contributed by atoms with E-state index in [4.69, 9.17) is 0 Å². The highest BCUT2D eigenvalue weighted by Crippen LogP contribution is 2.44. The molecular formula is C19H22N4O2. The molecule has 0 aliphatic carbocycles. The zero-order valence-corrected chi connectivity index (χ0v) is 14.3. The van der Waals surface area contributed by atoms with Crippen molar-refractivity contribution in [2.75, 3.05) is 20.1 Å². The second-order valence-corrected chi connectivity index (χ2v) is 7.04. The zero-order chi connectivity index (χ0) is 17.4. The predicted molar refractivity (Wildman–Crippen MR) is 93.0 cm³/mol. The molecule has 0 bridgehead atoms. The Morgan fingerprint density at radius 3 is 2.72 bits per heavy atom. The first-order valence-corrected chi connectivity index (χ1v) is 8.71. The fourth-order valence-corrected chi connectivity index (χ4v) is 4.21. The number of carbonyl (C=O) groups excluding carboxylic acids is 2. The van der Waals surface area contributed by atoms with Gasteiger partial charge in [0.15, 0.2) is 0 Å². The van der Waals surface area contributed by atoms with Crippen LogP contribution in [0.1, 0.15) is 41.2 Å². The van der Waals surface area contributed by atoms with Gasteiger partial charge in [0, 0.05) is 44.3 Å². The molecule has 6 heteroatoms. The first-order chi connectivity index (χ1) is 12.1. The standard InChI is InChI=1S/C19H22N4O2/c1-22-17(24)15(14-4-2-8-20-13-14)12-19(22)6-10-23(11-7-19)18(25)16-5-3-9-21-16/h2-5,8-9,13,15,21H,6-7,10-12H2,1H3/t15-/m0/s1.